The number of carbonyl (C=O) groups is 3. The highest BCUT2D eigenvalue weighted by atomic mass is 16.2. The third-order valence-corrected chi connectivity index (χ3v) is 6.13. The number of ketones is 1. The number of benzene rings is 3. The molecular weight excluding hydrogens is 468 g/mol. The van der Waals surface area contributed by atoms with Crippen LogP contribution in [0.3, 0.4) is 0 Å². The van der Waals surface area contributed by atoms with Gasteiger partial charge in [-0.15, -0.1) is 0 Å². The Bertz CT molecular complexity index is 1540. The number of carbonyl (C=O) groups excluding carboxylic acids is 3. The number of hydrogen-bond acceptors (Lipinski definition) is 5. The van der Waals surface area contributed by atoms with Gasteiger partial charge in [-0.05, 0) is 55.8 Å². The zero-order valence-electron chi connectivity index (χ0n) is 20.9. The number of amides is 2. The molecule has 0 bridgehead atoms. The van der Waals surface area contributed by atoms with Crippen molar-refractivity contribution in [1.82, 2.24) is 9.55 Å². The van der Waals surface area contributed by atoms with E-state index in [0.29, 0.717) is 40.0 Å². The molecule has 4 aromatic rings. The third kappa shape index (κ3) is 5.33. The van der Waals surface area contributed by atoms with Crippen LogP contribution in [0.4, 0.5) is 11.4 Å². The molecule has 0 saturated heterocycles. The summed E-state index contributed by atoms with van der Waals surface area (Å²) in [5.41, 5.74) is 2.79. The second-order valence-corrected chi connectivity index (χ2v) is 8.62. The molecule has 0 saturated carbocycles. The van der Waals surface area contributed by atoms with E-state index < -0.39 is 11.6 Å². The summed E-state index contributed by atoms with van der Waals surface area (Å²) in [4.78, 5) is 55.7. The van der Waals surface area contributed by atoms with Crippen molar-refractivity contribution < 1.29 is 14.4 Å². The molecule has 3 aromatic carbocycles. The highest BCUT2D eigenvalue weighted by Gasteiger charge is 2.25. The number of rotatable bonds is 8. The van der Waals surface area contributed by atoms with Crippen LogP contribution in [0.5, 0.6) is 0 Å². The largest absolute Gasteiger partial charge is 0.325 e. The number of anilines is 2. The first-order chi connectivity index (χ1) is 17.8. The first-order valence-electron chi connectivity index (χ1n) is 12.2. The first kappa shape index (κ1) is 25.5. The summed E-state index contributed by atoms with van der Waals surface area (Å²) < 4.78 is 1.47. The zero-order chi connectivity index (χ0) is 26.5. The van der Waals surface area contributed by atoms with Gasteiger partial charge < -0.3 is 10.6 Å². The van der Waals surface area contributed by atoms with Crippen molar-refractivity contribution in [2.75, 3.05) is 10.6 Å². The lowest BCUT2D eigenvalue weighted by molar-refractivity contribution is -0.119. The number of hydrogen-bond donors (Lipinski definition) is 2. The van der Waals surface area contributed by atoms with Gasteiger partial charge in [0.1, 0.15) is 11.7 Å². The lowest BCUT2D eigenvalue weighted by atomic mass is 10.1. The van der Waals surface area contributed by atoms with Gasteiger partial charge in [-0.3, -0.25) is 23.7 Å². The summed E-state index contributed by atoms with van der Waals surface area (Å²) in [6.45, 7) is 5.06. The van der Waals surface area contributed by atoms with E-state index in [9.17, 15) is 19.2 Å². The minimum atomic E-state index is -0.830. The first-order valence-corrected chi connectivity index (χ1v) is 12.2. The maximum Gasteiger partial charge on any atom is 0.278 e. The number of nitrogens with one attached hydrogen (secondary N) is 2. The minimum Gasteiger partial charge on any atom is -0.325 e. The summed E-state index contributed by atoms with van der Waals surface area (Å²) in [5, 5.41) is 5.70. The summed E-state index contributed by atoms with van der Waals surface area (Å²) in [7, 11) is 0. The van der Waals surface area contributed by atoms with E-state index in [1.807, 2.05) is 13.0 Å². The van der Waals surface area contributed by atoms with Gasteiger partial charge in [0.05, 0.1) is 16.7 Å². The van der Waals surface area contributed by atoms with Gasteiger partial charge in [0.25, 0.3) is 5.56 Å². The Morgan fingerprint density at radius 3 is 2.24 bits per heavy atom. The fourth-order valence-corrected chi connectivity index (χ4v) is 4.18. The molecule has 0 radical (unpaired) electrons. The third-order valence-electron chi connectivity index (χ3n) is 6.13. The predicted molar refractivity (Wildman–Crippen MR) is 145 cm³/mol. The second kappa shape index (κ2) is 11.0. The van der Waals surface area contributed by atoms with Crippen molar-refractivity contribution in [3.05, 3.63) is 88.7 Å². The van der Waals surface area contributed by atoms with Crippen LogP contribution in [-0.2, 0) is 9.59 Å². The fourth-order valence-electron chi connectivity index (χ4n) is 4.18. The van der Waals surface area contributed by atoms with Gasteiger partial charge in [-0.1, -0.05) is 44.2 Å². The van der Waals surface area contributed by atoms with Crippen molar-refractivity contribution in [3.8, 4) is 11.3 Å². The van der Waals surface area contributed by atoms with E-state index in [0.717, 1.165) is 0 Å². The van der Waals surface area contributed by atoms with Crippen LogP contribution in [0.15, 0.2) is 77.6 Å². The Hall–Kier alpha value is -4.59. The highest BCUT2D eigenvalue weighted by molar-refractivity contribution is 5.98. The predicted octanol–water partition coefficient (Wildman–Crippen LogP) is 5.20. The molecule has 1 aromatic heterocycles. The normalized spacial score (nSPS) is 11.6. The maximum atomic E-state index is 13.9. The average molecular weight is 497 g/mol. The molecule has 1 heterocycles. The Labute approximate surface area is 214 Å². The van der Waals surface area contributed by atoms with E-state index in [4.69, 9.17) is 0 Å². The van der Waals surface area contributed by atoms with Crippen LogP contribution in [0.2, 0.25) is 0 Å². The van der Waals surface area contributed by atoms with Crippen molar-refractivity contribution in [2.45, 2.75) is 39.7 Å². The Balaban J connectivity index is 1.82. The van der Waals surface area contributed by atoms with Crippen LogP contribution in [0.1, 0.15) is 50.0 Å². The molecule has 1 unspecified atom stereocenters. The molecule has 188 valence electrons. The molecule has 0 spiro atoms. The summed E-state index contributed by atoms with van der Waals surface area (Å²) in [6, 6.07) is 19.9. The summed E-state index contributed by atoms with van der Waals surface area (Å²) in [6.07, 6.45) is 0.633. The fraction of sp³-hybridized carbons (Fsp3) is 0.207. The monoisotopic (exact) mass is 496 g/mol. The number of nitrogens with zero attached hydrogens (tertiary/aromatic N) is 2. The summed E-state index contributed by atoms with van der Waals surface area (Å²) >= 11 is 0. The number of para-hydroxylation sites is 3. The quantitative estimate of drug-likeness (QED) is 0.326. The molecule has 1 atom stereocenters. The van der Waals surface area contributed by atoms with Crippen LogP contribution in [0, 0.1) is 0 Å². The molecular formula is C29H28N4O4. The van der Waals surface area contributed by atoms with E-state index >= 15 is 0 Å². The van der Waals surface area contributed by atoms with Crippen molar-refractivity contribution in [3.63, 3.8) is 0 Å². The molecule has 37 heavy (non-hydrogen) atoms. The van der Waals surface area contributed by atoms with E-state index in [1.54, 1.807) is 73.7 Å². The van der Waals surface area contributed by atoms with Crippen LogP contribution >= 0.6 is 0 Å². The van der Waals surface area contributed by atoms with E-state index in [-0.39, 0.29) is 29.7 Å². The molecule has 8 heteroatoms. The van der Waals surface area contributed by atoms with Crippen LogP contribution in [-0.4, -0.2) is 27.1 Å². The molecule has 2 amide bonds. The summed E-state index contributed by atoms with van der Waals surface area (Å²) in [5.74, 6) is -0.618. The highest BCUT2D eigenvalue weighted by Crippen LogP contribution is 2.28. The van der Waals surface area contributed by atoms with E-state index in [1.165, 1.54) is 11.5 Å². The molecule has 8 nitrogen and oxygen atoms in total. The number of fused-ring (bicyclic) bond motifs is 1. The van der Waals surface area contributed by atoms with Gasteiger partial charge in [0.15, 0.2) is 5.78 Å². The SMILES string of the molecule is CCC(=O)Nc1ccccc1-c1nc2ccccc2n(C(CC)C(=O)Nc2ccc(C(C)=O)cc2)c1=O. The molecule has 0 aliphatic heterocycles. The lowest BCUT2D eigenvalue weighted by Crippen LogP contribution is -2.34. The molecule has 0 aliphatic rings. The maximum absolute atomic E-state index is 13.9. The Morgan fingerprint density at radius 1 is 0.892 bits per heavy atom. The van der Waals surface area contributed by atoms with Gasteiger partial charge in [0.2, 0.25) is 11.8 Å². The smallest absolute Gasteiger partial charge is 0.278 e. The van der Waals surface area contributed by atoms with Crippen LogP contribution in [0.25, 0.3) is 22.3 Å². The van der Waals surface area contributed by atoms with Gasteiger partial charge in [0, 0.05) is 23.2 Å². The van der Waals surface area contributed by atoms with Gasteiger partial charge >= 0.3 is 0 Å². The zero-order valence-corrected chi connectivity index (χ0v) is 20.9. The van der Waals surface area contributed by atoms with E-state index in [2.05, 4.69) is 15.6 Å². The van der Waals surface area contributed by atoms with Gasteiger partial charge in [-0.2, -0.15) is 0 Å². The second-order valence-electron chi connectivity index (χ2n) is 8.62. The minimum absolute atomic E-state index is 0.0675. The number of aromatic nitrogens is 2. The van der Waals surface area contributed by atoms with Gasteiger partial charge in [-0.25, -0.2) is 4.98 Å². The number of Topliss-reactive ketones (excluding diaryl/α,β-unsaturated/α-hetero) is 1. The van der Waals surface area contributed by atoms with Crippen LogP contribution < -0.4 is 16.2 Å². The lowest BCUT2D eigenvalue weighted by Gasteiger charge is -2.21. The molecule has 0 fully saturated rings. The Morgan fingerprint density at radius 2 is 1.57 bits per heavy atom. The molecule has 2 N–H and O–H groups in total. The Kier molecular flexibility index (Phi) is 7.57. The van der Waals surface area contributed by atoms with Crippen molar-refractivity contribution in [2.24, 2.45) is 0 Å². The molecule has 0 aliphatic carbocycles. The molecule has 4 rings (SSSR count). The van der Waals surface area contributed by atoms with Crippen molar-refractivity contribution in [1.29, 1.82) is 0 Å². The topological polar surface area (TPSA) is 110 Å². The van der Waals surface area contributed by atoms with Crippen molar-refractivity contribution >= 4 is 40.0 Å². The standard InChI is InChI=1S/C29H28N4O4/c1-4-24(28(36)30-20-16-14-19(15-17-20)18(3)34)33-25-13-9-8-12-23(25)32-27(29(33)37)21-10-6-7-11-22(21)31-26(35)5-2/h6-17,24H,4-5H2,1-3H3,(H,30,36)(H,31,35). The average Bonchev–Trinajstić information content (AvgIpc) is 2.90.